The van der Waals surface area contributed by atoms with Gasteiger partial charge < -0.3 is 15.4 Å². The van der Waals surface area contributed by atoms with Crippen molar-refractivity contribution < 1.29 is 4.74 Å². The summed E-state index contributed by atoms with van der Waals surface area (Å²) >= 11 is 5.49. The van der Waals surface area contributed by atoms with Crippen LogP contribution in [0.1, 0.15) is 43.1 Å². The van der Waals surface area contributed by atoms with Crippen LogP contribution in [0, 0.1) is 13.8 Å². The van der Waals surface area contributed by atoms with Gasteiger partial charge in [0.2, 0.25) is 0 Å². The summed E-state index contributed by atoms with van der Waals surface area (Å²) in [6.45, 7) is 8.25. The Kier molecular flexibility index (Phi) is 4.45. The van der Waals surface area contributed by atoms with Crippen molar-refractivity contribution in [2.24, 2.45) is 0 Å². The van der Waals surface area contributed by atoms with Crippen LogP contribution in [0.5, 0.6) is 5.75 Å². The zero-order chi connectivity index (χ0) is 17.3. The molecule has 2 aromatic rings. The van der Waals surface area contributed by atoms with Crippen molar-refractivity contribution in [1.29, 1.82) is 0 Å². The van der Waals surface area contributed by atoms with Gasteiger partial charge in [-0.1, -0.05) is 23.8 Å². The first kappa shape index (κ1) is 16.7. The maximum absolute atomic E-state index is 6.10. The Morgan fingerprint density at radius 2 is 2.04 bits per heavy atom. The van der Waals surface area contributed by atoms with E-state index < -0.39 is 0 Å². The number of thiocarbonyl (C=S) groups is 1. The average Bonchev–Trinajstić information content (AvgIpc) is 2.47. The Bertz CT molecular complexity index is 773. The first-order valence-electron chi connectivity index (χ1n) is 8.13. The highest BCUT2D eigenvalue weighted by Gasteiger charge is 2.34. The lowest BCUT2D eigenvalue weighted by atomic mass is 9.89. The number of anilines is 1. The third-order valence-corrected chi connectivity index (χ3v) is 4.28. The highest BCUT2D eigenvalue weighted by Crippen LogP contribution is 2.39. The van der Waals surface area contributed by atoms with Crippen molar-refractivity contribution in [2.45, 2.75) is 45.8 Å². The summed E-state index contributed by atoms with van der Waals surface area (Å²) in [5.41, 5.74) is 3.08. The van der Waals surface area contributed by atoms with Gasteiger partial charge in [-0.2, -0.15) is 0 Å². The van der Waals surface area contributed by atoms with E-state index in [9.17, 15) is 0 Å². The summed E-state index contributed by atoms with van der Waals surface area (Å²) in [5.74, 6) is 1.68. The molecule has 4 nitrogen and oxygen atoms in total. The standard InChI is InChI=1S/C19H23N3OS/c1-12-8-9-16-14(10-12)15(11-19(3,4)23-16)21-18(24)22-17-7-5-6-13(2)20-17/h5-10,15H,11H2,1-4H3,(H2,20,21,22,24)/t15-/m1/s1. The molecule has 1 aromatic heterocycles. The summed E-state index contributed by atoms with van der Waals surface area (Å²) < 4.78 is 6.10. The predicted molar refractivity (Wildman–Crippen MR) is 102 cm³/mol. The van der Waals surface area contributed by atoms with E-state index in [4.69, 9.17) is 17.0 Å². The SMILES string of the molecule is Cc1ccc2c(c1)[C@H](NC(=S)Nc1cccc(C)n1)CC(C)(C)O2. The number of aromatic nitrogens is 1. The summed E-state index contributed by atoms with van der Waals surface area (Å²) in [6, 6.07) is 12.2. The molecule has 0 saturated heterocycles. The second-order valence-electron chi connectivity index (χ2n) is 6.92. The quantitative estimate of drug-likeness (QED) is 0.798. The van der Waals surface area contributed by atoms with Crippen LogP contribution in [0.4, 0.5) is 5.82 Å². The zero-order valence-electron chi connectivity index (χ0n) is 14.5. The molecule has 0 saturated carbocycles. The zero-order valence-corrected chi connectivity index (χ0v) is 15.3. The second kappa shape index (κ2) is 6.40. The van der Waals surface area contributed by atoms with Gasteiger partial charge in [0, 0.05) is 17.7 Å². The monoisotopic (exact) mass is 341 g/mol. The van der Waals surface area contributed by atoms with E-state index in [-0.39, 0.29) is 11.6 Å². The lowest BCUT2D eigenvalue weighted by molar-refractivity contribution is 0.0696. The first-order valence-corrected chi connectivity index (χ1v) is 8.54. The van der Waals surface area contributed by atoms with Crippen molar-refractivity contribution in [3.63, 3.8) is 0 Å². The molecule has 126 valence electrons. The van der Waals surface area contributed by atoms with E-state index in [1.54, 1.807) is 0 Å². The van der Waals surface area contributed by atoms with Crippen molar-refractivity contribution in [3.05, 3.63) is 53.2 Å². The Hall–Kier alpha value is -2.14. The van der Waals surface area contributed by atoms with Crippen LogP contribution in [0.25, 0.3) is 0 Å². The maximum Gasteiger partial charge on any atom is 0.172 e. The molecular formula is C19H23N3OS. The smallest absolute Gasteiger partial charge is 0.172 e. The van der Waals surface area contributed by atoms with E-state index in [2.05, 4.69) is 48.5 Å². The molecule has 1 atom stereocenters. The van der Waals surface area contributed by atoms with Crippen LogP contribution in [-0.2, 0) is 0 Å². The van der Waals surface area contributed by atoms with Crippen LogP contribution in [-0.4, -0.2) is 15.7 Å². The van der Waals surface area contributed by atoms with Gasteiger partial charge >= 0.3 is 0 Å². The Balaban J connectivity index is 1.79. The van der Waals surface area contributed by atoms with E-state index in [1.165, 1.54) is 5.56 Å². The van der Waals surface area contributed by atoms with Gasteiger partial charge in [-0.15, -0.1) is 0 Å². The van der Waals surface area contributed by atoms with Crippen LogP contribution < -0.4 is 15.4 Å². The summed E-state index contributed by atoms with van der Waals surface area (Å²) in [4.78, 5) is 4.43. The molecule has 1 aliphatic heterocycles. The normalized spacial score (nSPS) is 18.2. The molecule has 5 heteroatoms. The Labute approximate surface area is 148 Å². The van der Waals surface area contributed by atoms with Gasteiger partial charge in [0.25, 0.3) is 0 Å². The van der Waals surface area contributed by atoms with Gasteiger partial charge in [-0.05, 0) is 58.1 Å². The highest BCUT2D eigenvalue weighted by atomic mass is 32.1. The fourth-order valence-corrected chi connectivity index (χ4v) is 3.27. The van der Waals surface area contributed by atoms with Crippen LogP contribution >= 0.6 is 12.2 Å². The highest BCUT2D eigenvalue weighted by molar-refractivity contribution is 7.80. The lowest BCUT2D eigenvalue weighted by Gasteiger charge is -2.38. The Morgan fingerprint density at radius 1 is 1.25 bits per heavy atom. The minimum absolute atomic E-state index is 0.105. The lowest BCUT2D eigenvalue weighted by Crippen LogP contribution is -2.42. The average molecular weight is 341 g/mol. The molecule has 3 rings (SSSR count). The molecule has 0 spiro atoms. The third kappa shape index (κ3) is 3.85. The van der Waals surface area contributed by atoms with E-state index in [1.807, 2.05) is 31.2 Å². The largest absolute Gasteiger partial charge is 0.487 e. The van der Waals surface area contributed by atoms with Gasteiger partial charge in [-0.3, -0.25) is 0 Å². The number of pyridine rings is 1. The number of benzene rings is 1. The summed E-state index contributed by atoms with van der Waals surface area (Å²) in [7, 11) is 0. The number of hydrogen-bond acceptors (Lipinski definition) is 3. The van der Waals surface area contributed by atoms with E-state index in [0.29, 0.717) is 5.11 Å². The summed E-state index contributed by atoms with van der Waals surface area (Å²) in [6.07, 6.45) is 0.840. The second-order valence-corrected chi connectivity index (χ2v) is 7.33. The molecule has 2 N–H and O–H groups in total. The molecule has 0 aliphatic carbocycles. The predicted octanol–water partition coefficient (Wildman–Crippen LogP) is 4.29. The Morgan fingerprint density at radius 3 is 2.79 bits per heavy atom. The van der Waals surface area contributed by atoms with Gasteiger partial charge in [-0.25, -0.2) is 4.98 Å². The first-order chi connectivity index (χ1) is 11.3. The molecule has 0 unspecified atom stereocenters. The van der Waals surface area contributed by atoms with Crippen LogP contribution in [0.2, 0.25) is 0 Å². The third-order valence-electron chi connectivity index (χ3n) is 4.06. The van der Waals surface area contributed by atoms with Crippen LogP contribution in [0.15, 0.2) is 36.4 Å². The molecule has 0 fully saturated rings. The molecule has 24 heavy (non-hydrogen) atoms. The minimum Gasteiger partial charge on any atom is -0.487 e. The number of ether oxygens (including phenoxy) is 1. The van der Waals surface area contributed by atoms with Crippen molar-refractivity contribution in [2.75, 3.05) is 5.32 Å². The topological polar surface area (TPSA) is 46.2 Å². The van der Waals surface area contributed by atoms with E-state index in [0.717, 1.165) is 29.2 Å². The van der Waals surface area contributed by atoms with Gasteiger partial charge in [0.05, 0.1) is 6.04 Å². The molecule has 0 amide bonds. The number of hydrogen-bond donors (Lipinski definition) is 2. The van der Waals surface area contributed by atoms with E-state index >= 15 is 0 Å². The summed E-state index contributed by atoms with van der Waals surface area (Å²) in [5, 5.41) is 7.17. The molecule has 0 bridgehead atoms. The fraction of sp³-hybridized carbons (Fsp3) is 0.368. The molecule has 0 radical (unpaired) electrons. The molecular weight excluding hydrogens is 318 g/mol. The fourth-order valence-electron chi connectivity index (χ4n) is 3.03. The van der Waals surface area contributed by atoms with Gasteiger partial charge in [0.15, 0.2) is 5.11 Å². The number of aryl methyl sites for hydroxylation is 2. The van der Waals surface area contributed by atoms with Crippen molar-refractivity contribution >= 4 is 23.1 Å². The number of nitrogens with one attached hydrogen (secondary N) is 2. The van der Waals surface area contributed by atoms with Crippen molar-refractivity contribution in [3.8, 4) is 5.75 Å². The van der Waals surface area contributed by atoms with Gasteiger partial charge in [0.1, 0.15) is 17.2 Å². The molecule has 2 heterocycles. The number of fused-ring (bicyclic) bond motifs is 1. The number of nitrogens with zero attached hydrogens (tertiary/aromatic N) is 1. The number of rotatable bonds is 2. The molecule has 1 aliphatic rings. The van der Waals surface area contributed by atoms with Crippen molar-refractivity contribution in [1.82, 2.24) is 10.3 Å². The van der Waals surface area contributed by atoms with Crippen LogP contribution in [0.3, 0.4) is 0 Å². The molecule has 1 aromatic carbocycles. The minimum atomic E-state index is -0.239. The maximum atomic E-state index is 6.10.